The van der Waals surface area contributed by atoms with Crippen LogP contribution in [0.5, 0.6) is 11.5 Å². The van der Waals surface area contributed by atoms with E-state index < -0.39 is 48.8 Å². The maximum atomic E-state index is 12.5. The monoisotopic (exact) mass is 1010 g/mol. The first-order chi connectivity index (χ1) is 33.3. The topological polar surface area (TPSA) is 252 Å². The number of amides is 1. The lowest BCUT2D eigenvalue weighted by Crippen LogP contribution is -3.11. The van der Waals surface area contributed by atoms with E-state index in [1.807, 2.05) is 75.5 Å². The quantitative estimate of drug-likeness (QED) is 0.118. The fourth-order valence-electron chi connectivity index (χ4n) is 8.72. The predicted molar refractivity (Wildman–Crippen MR) is 269 cm³/mol. The van der Waals surface area contributed by atoms with E-state index >= 15 is 0 Å². The number of carbonyl (C=O) groups excluding carboxylic acids is 1. The summed E-state index contributed by atoms with van der Waals surface area (Å²) in [6.45, 7) is 20.0. The molecule has 0 saturated heterocycles. The summed E-state index contributed by atoms with van der Waals surface area (Å²) in [6, 6.07) is 20.9. The third kappa shape index (κ3) is 12.6. The van der Waals surface area contributed by atoms with Gasteiger partial charge in [-0.05, 0) is 81.2 Å². The summed E-state index contributed by atoms with van der Waals surface area (Å²) >= 11 is 0. The van der Waals surface area contributed by atoms with Crippen LogP contribution in [-0.2, 0) is 31.6 Å². The number of hydrogen-bond donors (Lipinski definition) is 3. The summed E-state index contributed by atoms with van der Waals surface area (Å²) < 4.78 is 80.6. The van der Waals surface area contributed by atoms with Gasteiger partial charge in [-0.2, -0.15) is 0 Å². The molecule has 4 heterocycles. The first-order valence-corrected chi connectivity index (χ1v) is 26.1. The van der Waals surface area contributed by atoms with E-state index in [2.05, 4.69) is 46.5 Å². The van der Waals surface area contributed by atoms with E-state index in [-0.39, 0.29) is 11.5 Å². The Hall–Kier alpha value is -6.71. The van der Waals surface area contributed by atoms with Crippen molar-refractivity contribution in [2.45, 2.75) is 73.0 Å². The average Bonchev–Trinajstić information content (AvgIpc) is 3.30. The molecule has 71 heavy (non-hydrogen) atoms. The largest absolute Gasteiger partial charge is 0.748 e. The number of nitrogens with zero attached hydrogens (tertiary/aromatic N) is 6. The molecule has 18 nitrogen and oxygen atoms in total. The molecule has 20 heteroatoms. The van der Waals surface area contributed by atoms with Gasteiger partial charge < -0.3 is 34.1 Å². The van der Waals surface area contributed by atoms with Gasteiger partial charge in [-0.3, -0.25) is 4.79 Å². The van der Waals surface area contributed by atoms with Crippen LogP contribution in [0.15, 0.2) is 91.3 Å². The van der Waals surface area contributed by atoms with Gasteiger partial charge in [0.2, 0.25) is 17.1 Å². The van der Waals surface area contributed by atoms with Crippen molar-refractivity contribution in [3.8, 4) is 22.9 Å². The molecule has 1 amide bonds. The summed E-state index contributed by atoms with van der Waals surface area (Å²) in [4.78, 5) is 26.9. The maximum absolute atomic E-state index is 12.5. The molecule has 0 bridgehead atoms. The summed E-state index contributed by atoms with van der Waals surface area (Å²) in [6.07, 6.45) is 4.75. The number of hydrogen-bond acceptors (Lipinski definition) is 14. The van der Waals surface area contributed by atoms with Crippen LogP contribution in [0.3, 0.4) is 0 Å². The first-order valence-electron chi connectivity index (χ1n) is 23.0. The van der Waals surface area contributed by atoms with Crippen LogP contribution in [0.4, 0.5) is 5.69 Å². The molecular formula is C51H60N8O10S2. The second kappa shape index (κ2) is 21.3. The summed E-state index contributed by atoms with van der Waals surface area (Å²) in [5.74, 6) is -1.50. The van der Waals surface area contributed by atoms with E-state index in [4.69, 9.17) is 4.74 Å². The third-order valence-electron chi connectivity index (χ3n) is 12.9. The number of anilines is 1. The van der Waals surface area contributed by atoms with Crippen molar-refractivity contribution in [2.75, 3.05) is 50.1 Å². The Morgan fingerprint density at radius 1 is 0.789 bits per heavy atom. The Bertz CT molecular complexity index is 3280. The van der Waals surface area contributed by atoms with E-state index in [9.17, 15) is 40.6 Å². The third-order valence-corrected chi connectivity index (χ3v) is 14.2. The highest BCUT2D eigenvalue weighted by atomic mass is 32.2. The highest BCUT2D eigenvalue weighted by Gasteiger charge is 2.37. The van der Waals surface area contributed by atoms with Crippen molar-refractivity contribution in [1.82, 2.24) is 30.3 Å². The fourth-order valence-corrected chi connectivity index (χ4v) is 9.96. The number of aromatic nitrogens is 4. The number of quaternary nitrogens is 1. The Labute approximate surface area is 414 Å². The number of nitrogens with one attached hydrogen (secondary N) is 2. The van der Waals surface area contributed by atoms with E-state index in [0.717, 1.165) is 11.1 Å². The smallest absolute Gasteiger partial charge is 0.336 e. The van der Waals surface area contributed by atoms with Gasteiger partial charge in [0.15, 0.2) is 11.9 Å². The van der Waals surface area contributed by atoms with Crippen LogP contribution < -0.4 is 35.0 Å². The van der Waals surface area contributed by atoms with Crippen molar-refractivity contribution in [1.29, 1.82) is 0 Å². The molecule has 0 fully saturated rings. The SMILES string of the molecule is CC(=O)NCc1ccc(-c2nncnn2)cc1.CC[NH+](CC)CC.CN1c2cc3c(cc2C(CS(=O)(=O)[O-])=CC1(C)C)C(c1ccccc1C(=O)O)=c1cc2c(cc1O3)=[N+](C)C(C)(C)C=C2CS(=O)(=O)[O-]. The van der Waals surface area contributed by atoms with Gasteiger partial charge in [0.25, 0.3) is 0 Å². The van der Waals surface area contributed by atoms with Crippen molar-refractivity contribution >= 4 is 54.5 Å². The van der Waals surface area contributed by atoms with Gasteiger partial charge in [-0.1, -0.05) is 48.5 Å². The second-order valence-corrected chi connectivity index (χ2v) is 21.3. The summed E-state index contributed by atoms with van der Waals surface area (Å²) in [7, 11) is -5.66. The molecule has 0 spiro atoms. The van der Waals surface area contributed by atoms with E-state index in [0.29, 0.717) is 79.1 Å². The fraction of sp³-hybridized carbons (Fsp3) is 0.353. The highest BCUT2D eigenvalue weighted by Crippen LogP contribution is 2.46. The van der Waals surface area contributed by atoms with Crippen LogP contribution in [0.1, 0.15) is 93.6 Å². The van der Waals surface area contributed by atoms with Crippen LogP contribution in [0.2, 0.25) is 0 Å². The van der Waals surface area contributed by atoms with Crippen LogP contribution >= 0.6 is 0 Å². The number of carboxylic acid groups (broad SMARTS) is 1. The van der Waals surface area contributed by atoms with E-state index in [1.165, 1.54) is 39.0 Å². The van der Waals surface area contributed by atoms with Crippen molar-refractivity contribution < 1.29 is 50.3 Å². The standard InChI is InChI=1S/C34H34N2O9S2.C11H11N5O.C6H15N/c1-33(2)15-19(17-46(39,40)41)23-11-25-29(13-27(23)35(33)5)45-30-14-28-24(20(18-47(42,43)44)16-34(3,4)36(28)6)12-26(30)31(25)21-9-7-8-10-22(21)32(37)38;1-8(17)12-6-9-2-4-10(5-3-9)11-15-13-7-14-16-11;1-4-7(5-2)6-3/h7-16H,17-18H2,1-6H3,(H2-,37,38,39,40,41,42,43,44);2-5,7H,6H2,1H3,(H,12,17);4-6H2,1-3H3. The lowest BCUT2D eigenvalue weighted by molar-refractivity contribution is -0.894. The van der Waals surface area contributed by atoms with Gasteiger partial charge in [-0.15, -0.1) is 20.4 Å². The molecule has 4 aromatic carbocycles. The Morgan fingerprint density at radius 3 is 1.93 bits per heavy atom. The molecule has 0 saturated carbocycles. The van der Waals surface area contributed by atoms with Gasteiger partial charge in [0.05, 0.1) is 74.1 Å². The normalized spacial score (nSPS) is 15.2. The van der Waals surface area contributed by atoms with Crippen LogP contribution in [0, 0.1) is 0 Å². The Balaban J connectivity index is 0.000000282. The van der Waals surface area contributed by atoms with Crippen molar-refractivity contribution in [3.05, 3.63) is 135 Å². The minimum atomic E-state index is -4.67. The molecule has 3 aliphatic rings. The zero-order valence-electron chi connectivity index (χ0n) is 41.5. The first kappa shape index (κ1) is 53.6. The van der Waals surface area contributed by atoms with Gasteiger partial charge in [-0.25, -0.2) is 26.2 Å². The molecule has 376 valence electrons. The number of rotatable bonds is 12. The number of likely N-dealkylation sites (N-methyl/N-ethyl adjacent to an activating group) is 2. The molecule has 3 aliphatic heterocycles. The Kier molecular flexibility index (Phi) is 16.1. The Morgan fingerprint density at radius 2 is 1.38 bits per heavy atom. The second-order valence-electron chi connectivity index (χ2n) is 18.5. The van der Waals surface area contributed by atoms with Crippen molar-refractivity contribution in [2.24, 2.45) is 0 Å². The predicted octanol–water partition coefficient (Wildman–Crippen LogP) is 3.24. The number of ether oxygens (including phenoxy) is 1. The molecular weight excluding hydrogens is 949 g/mol. The lowest BCUT2D eigenvalue weighted by atomic mass is 9.83. The van der Waals surface area contributed by atoms with Crippen molar-refractivity contribution in [3.63, 3.8) is 0 Å². The summed E-state index contributed by atoms with van der Waals surface area (Å²) in [5.41, 5.74) is 3.92. The number of carboxylic acids is 1. The molecule has 1 aromatic heterocycles. The van der Waals surface area contributed by atoms with Gasteiger partial charge in [0, 0.05) is 73.6 Å². The van der Waals surface area contributed by atoms with Crippen LogP contribution in [0.25, 0.3) is 28.1 Å². The maximum Gasteiger partial charge on any atom is 0.336 e. The van der Waals surface area contributed by atoms with Crippen LogP contribution in [-0.4, -0.2) is 120 Å². The number of benzene rings is 4. The molecule has 5 aromatic rings. The highest BCUT2D eigenvalue weighted by molar-refractivity contribution is 7.86. The lowest BCUT2D eigenvalue weighted by Gasteiger charge is -2.42. The van der Waals surface area contributed by atoms with E-state index in [1.54, 1.807) is 59.5 Å². The number of aromatic carboxylic acids is 1. The molecule has 0 radical (unpaired) electrons. The average molecular weight is 1010 g/mol. The number of fused-ring (bicyclic) bond motifs is 4. The molecule has 0 atom stereocenters. The number of carbonyl (C=O) groups is 2. The van der Waals surface area contributed by atoms with Gasteiger partial charge in [0.1, 0.15) is 18.5 Å². The summed E-state index contributed by atoms with van der Waals surface area (Å²) in [5, 5.41) is 29.1. The molecule has 0 unspecified atom stereocenters. The minimum Gasteiger partial charge on any atom is -0.748 e. The minimum absolute atomic E-state index is 0.0101. The zero-order chi connectivity index (χ0) is 52.2. The molecule has 0 aliphatic carbocycles. The van der Waals surface area contributed by atoms with Gasteiger partial charge >= 0.3 is 5.97 Å². The zero-order valence-corrected chi connectivity index (χ0v) is 43.2. The molecule has 3 N–H and O–H groups in total. The molecule has 8 rings (SSSR count).